The molecule has 0 bridgehead atoms. The summed E-state index contributed by atoms with van der Waals surface area (Å²) in [5.74, 6) is 29.3. The quantitative estimate of drug-likeness (QED) is 0.568. The van der Waals surface area contributed by atoms with E-state index < -0.39 is 0 Å². The van der Waals surface area contributed by atoms with Gasteiger partial charge in [-0.05, 0) is 183 Å². The summed E-state index contributed by atoms with van der Waals surface area (Å²) in [5.41, 5.74) is 5.23. The summed E-state index contributed by atoms with van der Waals surface area (Å²) >= 11 is 0. The van der Waals surface area contributed by atoms with Gasteiger partial charge in [0.2, 0.25) is 0 Å². The van der Waals surface area contributed by atoms with Crippen LogP contribution in [0.4, 0.5) is 0 Å². The third-order valence-electron chi connectivity index (χ3n) is 21.7. The minimum absolute atomic E-state index is 1.04. The van der Waals surface area contributed by atoms with Gasteiger partial charge < -0.3 is 0 Å². The number of rotatable bonds is 0. The van der Waals surface area contributed by atoms with Crippen molar-refractivity contribution in [3.63, 3.8) is 0 Å². The molecule has 0 heteroatoms. The van der Waals surface area contributed by atoms with Gasteiger partial charge in [0.1, 0.15) is 0 Å². The Morgan fingerprint density at radius 1 is 0.387 bits per heavy atom. The van der Waals surface area contributed by atoms with Crippen LogP contribution in [0.3, 0.4) is 0 Å². The maximum absolute atomic E-state index is 1.79. The average molecular weight is 403 g/mol. The van der Waals surface area contributed by atoms with Gasteiger partial charge in [-0.3, -0.25) is 0 Å². The highest BCUT2D eigenvalue weighted by atomic mass is 15.2. The lowest BCUT2D eigenvalue weighted by Gasteiger charge is -3.03. The summed E-state index contributed by atoms with van der Waals surface area (Å²) in [4.78, 5) is 0. The molecule has 0 radical (unpaired) electrons. The molecule has 5 spiro atoms. The molecular formula is C31H30. The van der Waals surface area contributed by atoms with E-state index in [-0.39, 0.29) is 0 Å². The lowest BCUT2D eigenvalue weighted by atomic mass is 9.01. The van der Waals surface area contributed by atoms with Crippen molar-refractivity contribution in [2.45, 2.75) is 25.7 Å². The van der Waals surface area contributed by atoms with Crippen LogP contribution in [-0.4, -0.2) is 0 Å². The lowest BCUT2D eigenvalue weighted by molar-refractivity contribution is -0.566. The predicted octanol–water partition coefficient (Wildman–Crippen LogP) is 4.27. The molecule has 0 heterocycles. The van der Waals surface area contributed by atoms with E-state index in [1.54, 1.807) is 25.7 Å². The van der Waals surface area contributed by atoms with E-state index in [9.17, 15) is 0 Å². The summed E-state index contributed by atoms with van der Waals surface area (Å²) < 4.78 is 0. The zero-order chi connectivity index (χ0) is 18.0. The van der Waals surface area contributed by atoms with Crippen LogP contribution in [0, 0.1) is 157 Å². The standard InChI is InChI=1S/C31H30/c1-5-2-9-17-22-18-10-4-6-3-8-11-19-13-21-14-20-12-16-7(1)15(5)28(9,16)24(12)30(17,20)26(14)31(21,22)25(13)29(18,19)23(11)27(6,8)10/h5-26H,1-4H2. The third kappa shape index (κ3) is 0.523. The Bertz CT molecular complexity index is 1330. The third-order valence-corrected chi connectivity index (χ3v) is 21.7. The fraction of sp³-hybridized carbons (Fsp3) is 1.00. The molecule has 27 unspecified atom stereocenters. The van der Waals surface area contributed by atoms with Crippen molar-refractivity contribution in [1.29, 1.82) is 0 Å². The normalized spacial score (nSPS) is 111. The summed E-state index contributed by atoms with van der Waals surface area (Å²) in [6.45, 7) is 0. The Morgan fingerprint density at radius 2 is 1.00 bits per heavy atom. The van der Waals surface area contributed by atoms with E-state index in [1.807, 2.05) is 0 Å². The smallest absolute Gasteiger partial charge is 0.0156 e. The molecule has 17 saturated carbocycles. The number of hydrogen-bond donors (Lipinski definition) is 0. The van der Waals surface area contributed by atoms with E-state index in [0.29, 0.717) is 0 Å². The summed E-state index contributed by atoms with van der Waals surface area (Å²) in [7, 11) is 0. The molecule has 17 rings (SSSR count). The van der Waals surface area contributed by atoms with Crippen molar-refractivity contribution in [3.05, 3.63) is 0 Å². The molecule has 0 aromatic carbocycles. The van der Waals surface area contributed by atoms with Crippen molar-refractivity contribution >= 4 is 0 Å². The first-order valence-electron chi connectivity index (χ1n) is 15.4. The molecular weight excluding hydrogens is 372 g/mol. The predicted molar refractivity (Wildman–Crippen MR) is 107 cm³/mol. The Hall–Kier alpha value is 0. The highest BCUT2D eigenvalue weighted by Gasteiger charge is 3.17. The molecule has 0 saturated heterocycles. The first-order valence-corrected chi connectivity index (χ1v) is 15.4. The first kappa shape index (κ1) is 12.6. The van der Waals surface area contributed by atoms with Crippen LogP contribution in [0.2, 0.25) is 0 Å². The molecule has 0 nitrogen and oxygen atoms in total. The second kappa shape index (κ2) is 2.52. The average Bonchev–Trinajstić information content (AvgIpc) is 3.24. The molecule has 0 aliphatic heterocycles. The number of hydrogen-bond acceptors (Lipinski definition) is 0. The highest BCUT2D eigenvalue weighted by molar-refractivity contribution is 5.63. The van der Waals surface area contributed by atoms with Gasteiger partial charge in [-0.2, -0.15) is 0 Å². The highest BCUT2D eigenvalue weighted by Crippen LogP contribution is 3.20. The van der Waals surface area contributed by atoms with Gasteiger partial charge in [-0.1, -0.05) is 0 Å². The molecule has 0 aromatic heterocycles. The lowest BCUT2D eigenvalue weighted by Crippen LogP contribution is -3.00. The molecule has 27 atom stereocenters. The molecule has 0 amide bonds. The zero-order valence-corrected chi connectivity index (χ0v) is 18.0. The molecule has 17 aliphatic rings. The largest absolute Gasteiger partial charge is 0.0467 e. The van der Waals surface area contributed by atoms with E-state index in [2.05, 4.69) is 0 Å². The van der Waals surface area contributed by atoms with Crippen LogP contribution in [0.5, 0.6) is 0 Å². The molecule has 17 fully saturated rings. The second-order valence-corrected chi connectivity index (χ2v) is 18.3. The van der Waals surface area contributed by atoms with E-state index in [1.165, 1.54) is 130 Å². The molecule has 17 aliphatic carbocycles. The monoisotopic (exact) mass is 402 g/mol. The van der Waals surface area contributed by atoms with Crippen LogP contribution in [0.1, 0.15) is 25.7 Å². The van der Waals surface area contributed by atoms with Crippen molar-refractivity contribution in [3.8, 4) is 0 Å². The molecule has 0 N–H and O–H groups in total. The van der Waals surface area contributed by atoms with E-state index in [0.717, 1.165) is 27.1 Å². The summed E-state index contributed by atoms with van der Waals surface area (Å²) in [6.07, 6.45) is 7.02. The topological polar surface area (TPSA) is 0 Å². The maximum Gasteiger partial charge on any atom is -0.0156 e. The van der Waals surface area contributed by atoms with Crippen LogP contribution >= 0.6 is 0 Å². The van der Waals surface area contributed by atoms with Crippen LogP contribution < -0.4 is 0 Å². The molecule has 0 aromatic rings. The van der Waals surface area contributed by atoms with Gasteiger partial charge in [0.05, 0.1) is 0 Å². The van der Waals surface area contributed by atoms with Crippen molar-refractivity contribution in [2.24, 2.45) is 157 Å². The first-order chi connectivity index (χ1) is 15.4. The summed E-state index contributed by atoms with van der Waals surface area (Å²) in [6, 6.07) is 0. The molecule has 31 heavy (non-hydrogen) atoms. The minimum Gasteiger partial charge on any atom is -0.0467 e. The van der Waals surface area contributed by atoms with Crippen molar-refractivity contribution in [2.75, 3.05) is 0 Å². The van der Waals surface area contributed by atoms with Crippen molar-refractivity contribution < 1.29 is 0 Å². The molecule has 154 valence electrons. The fourth-order valence-electron chi connectivity index (χ4n) is 24.4. The van der Waals surface area contributed by atoms with Gasteiger partial charge in [0.15, 0.2) is 0 Å². The van der Waals surface area contributed by atoms with Gasteiger partial charge >= 0.3 is 0 Å². The van der Waals surface area contributed by atoms with Gasteiger partial charge in [0.25, 0.3) is 0 Å². The number of fused-ring (bicyclic) bond motifs is 13. The second-order valence-electron chi connectivity index (χ2n) is 18.3. The Balaban J connectivity index is 1.03. The zero-order valence-electron chi connectivity index (χ0n) is 18.0. The van der Waals surface area contributed by atoms with E-state index >= 15 is 0 Å². The Labute approximate surface area is 183 Å². The van der Waals surface area contributed by atoms with Gasteiger partial charge in [-0.15, -0.1) is 0 Å². The van der Waals surface area contributed by atoms with Crippen LogP contribution in [0.25, 0.3) is 0 Å². The van der Waals surface area contributed by atoms with Gasteiger partial charge in [0, 0.05) is 0 Å². The fourth-order valence-corrected chi connectivity index (χ4v) is 24.4. The van der Waals surface area contributed by atoms with E-state index in [4.69, 9.17) is 0 Å². The van der Waals surface area contributed by atoms with Crippen molar-refractivity contribution in [1.82, 2.24) is 0 Å². The Morgan fingerprint density at radius 3 is 1.81 bits per heavy atom. The van der Waals surface area contributed by atoms with Crippen LogP contribution in [0.15, 0.2) is 0 Å². The minimum atomic E-state index is 1.04. The Kier molecular flexibility index (Phi) is 1.03. The SMILES string of the molecule is C1C2CC3C4C5C6C7CC8CC9C%10C%11C%12C%13C%14C%15C%16C%17C1C2C3%17C%16C%154C%14C%135C%12C%116C%10C897. The van der Waals surface area contributed by atoms with Crippen LogP contribution in [-0.2, 0) is 0 Å². The van der Waals surface area contributed by atoms with Gasteiger partial charge in [-0.25, -0.2) is 0 Å². The summed E-state index contributed by atoms with van der Waals surface area (Å²) in [5, 5.41) is 0. The maximum atomic E-state index is 1.79.